The lowest BCUT2D eigenvalue weighted by molar-refractivity contribution is 0.00578. The van der Waals surface area contributed by atoms with Crippen LogP contribution in [-0.4, -0.2) is 35.1 Å². The van der Waals surface area contributed by atoms with E-state index in [2.05, 4.69) is 5.10 Å². The first-order valence-corrected chi connectivity index (χ1v) is 5.20. The van der Waals surface area contributed by atoms with Gasteiger partial charge in [0, 0.05) is 17.3 Å². The molecular formula is C11H19BN2O3. The van der Waals surface area contributed by atoms with Crippen molar-refractivity contribution in [2.24, 2.45) is 6.98 Å². The molecule has 1 saturated heterocycles. The van der Waals surface area contributed by atoms with E-state index in [-0.39, 0.29) is 5.46 Å². The Morgan fingerprint density at radius 1 is 1.41 bits per heavy atom. The summed E-state index contributed by atoms with van der Waals surface area (Å²) in [5.74, 6) is -0.519. The summed E-state index contributed by atoms with van der Waals surface area (Å²) in [6.45, 7) is 4.32. The summed E-state index contributed by atoms with van der Waals surface area (Å²) < 4.78 is 68.7. The van der Waals surface area contributed by atoms with Crippen LogP contribution in [0.25, 0.3) is 0 Å². The maximum Gasteiger partial charge on any atom is 0.502 e. The van der Waals surface area contributed by atoms with Crippen LogP contribution in [0.4, 0.5) is 0 Å². The lowest BCUT2D eigenvalue weighted by atomic mass is 9.81. The van der Waals surface area contributed by atoms with Crippen molar-refractivity contribution in [1.29, 1.82) is 0 Å². The van der Waals surface area contributed by atoms with Gasteiger partial charge >= 0.3 is 7.12 Å². The lowest BCUT2D eigenvalue weighted by Crippen LogP contribution is -2.41. The van der Waals surface area contributed by atoms with Crippen molar-refractivity contribution < 1.29 is 23.6 Å². The van der Waals surface area contributed by atoms with Crippen LogP contribution in [-0.2, 0) is 16.3 Å². The molecule has 0 spiro atoms. The fourth-order valence-electron chi connectivity index (χ4n) is 1.52. The van der Waals surface area contributed by atoms with Gasteiger partial charge in [0.05, 0.1) is 29.2 Å². The molecule has 0 bridgehead atoms. The predicted molar refractivity (Wildman–Crippen MR) is 65.5 cm³/mol. The molecule has 0 aromatic carbocycles. The largest absolute Gasteiger partial charge is 0.502 e. The van der Waals surface area contributed by atoms with Crippen LogP contribution < -0.4 is 10.2 Å². The van der Waals surface area contributed by atoms with Crippen molar-refractivity contribution in [2.75, 3.05) is 7.04 Å². The first kappa shape index (κ1) is 6.25. The Labute approximate surface area is 112 Å². The fraction of sp³-hybridized carbons (Fsp3) is 0.727. The topological polar surface area (TPSA) is 45.5 Å². The predicted octanol–water partition coefficient (Wildman–Crippen LogP) is 0.728. The molecule has 5 nitrogen and oxygen atoms in total. The Hall–Kier alpha value is -1.01. The Morgan fingerprint density at radius 3 is 2.59 bits per heavy atom. The first-order chi connectivity index (χ1) is 10.6. The normalized spacial score (nSPS) is 29.4. The summed E-state index contributed by atoms with van der Waals surface area (Å²) in [4.78, 5) is 0. The summed E-state index contributed by atoms with van der Waals surface area (Å²) in [5, 5.41) is 3.63. The zero-order chi connectivity index (χ0) is 18.7. The highest BCUT2D eigenvalue weighted by molar-refractivity contribution is 6.63. The summed E-state index contributed by atoms with van der Waals surface area (Å²) in [7, 11) is -4.03. The number of hydrogen-bond acceptors (Lipinski definition) is 4. The highest BCUT2D eigenvalue weighted by Crippen LogP contribution is 2.36. The molecule has 0 radical (unpaired) electrons. The fourth-order valence-corrected chi connectivity index (χ4v) is 1.52. The second-order valence-corrected chi connectivity index (χ2v) is 4.93. The van der Waals surface area contributed by atoms with Crippen LogP contribution in [0.5, 0.6) is 5.88 Å². The van der Waals surface area contributed by atoms with E-state index in [1.54, 1.807) is 27.7 Å². The van der Waals surface area contributed by atoms with Crippen molar-refractivity contribution in [3.05, 3.63) is 6.17 Å². The van der Waals surface area contributed by atoms with E-state index in [1.807, 2.05) is 0 Å². The van der Waals surface area contributed by atoms with Gasteiger partial charge in [-0.3, -0.25) is 4.68 Å². The number of rotatable bonds is 2. The summed E-state index contributed by atoms with van der Waals surface area (Å²) in [6, 6.07) is 0. The van der Waals surface area contributed by atoms with Crippen molar-refractivity contribution in [1.82, 2.24) is 9.78 Å². The quantitative estimate of drug-likeness (QED) is 0.720. The Balaban J connectivity index is 2.54. The van der Waals surface area contributed by atoms with Gasteiger partial charge in [0.15, 0.2) is 0 Å². The minimum absolute atomic E-state index is 0.166. The van der Waals surface area contributed by atoms with E-state index < -0.39 is 44.4 Å². The summed E-state index contributed by atoms with van der Waals surface area (Å²) >= 11 is 0. The van der Waals surface area contributed by atoms with E-state index in [0.29, 0.717) is 4.68 Å². The molecule has 0 N–H and O–H groups in total. The maximum atomic E-state index is 8.07. The molecular weight excluding hydrogens is 219 g/mol. The molecule has 1 aliphatic rings. The molecule has 1 fully saturated rings. The molecule has 1 aromatic heterocycles. The molecule has 1 aliphatic heterocycles. The Morgan fingerprint density at radius 2 is 2.06 bits per heavy atom. The van der Waals surface area contributed by atoms with Crippen LogP contribution >= 0.6 is 0 Å². The molecule has 17 heavy (non-hydrogen) atoms. The van der Waals surface area contributed by atoms with E-state index in [0.717, 1.165) is 0 Å². The van der Waals surface area contributed by atoms with Gasteiger partial charge in [-0.25, -0.2) is 0 Å². The van der Waals surface area contributed by atoms with Crippen molar-refractivity contribution >= 4 is 12.6 Å². The third kappa shape index (κ3) is 1.95. The van der Waals surface area contributed by atoms with Crippen LogP contribution in [0.15, 0.2) is 6.17 Å². The standard InChI is InChI=1S/C11H19BN2O3/c1-10(2)11(3,4)17-12(16-10)8-7-14(5)13-9(8)15-6/h7H,1-6H3/i5D3,6D3,7D. The van der Waals surface area contributed by atoms with Crippen molar-refractivity contribution in [3.63, 3.8) is 0 Å². The van der Waals surface area contributed by atoms with Crippen molar-refractivity contribution in [2.45, 2.75) is 38.9 Å². The third-order valence-corrected chi connectivity index (χ3v) is 3.23. The molecule has 0 saturated carbocycles. The average Bonchev–Trinajstić information content (AvgIpc) is 2.71. The van der Waals surface area contributed by atoms with Gasteiger partial charge in [-0.15, -0.1) is 5.10 Å². The monoisotopic (exact) mass is 245 g/mol. The zero-order valence-corrected chi connectivity index (χ0v) is 10.2. The zero-order valence-electron chi connectivity index (χ0n) is 17.2. The first-order valence-electron chi connectivity index (χ1n) is 8.70. The highest BCUT2D eigenvalue weighted by Gasteiger charge is 2.53. The number of aryl methyl sites for hydroxylation is 1. The number of nitrogens with zero attached hydrogens (tertiary/aromatic N) is 2. The van der Waals surface area contributed by atoms with Gasteiger partial charge in [-0.1, -0.05) is 0 Å². The van der Waals surface area contributed by atoms with Gasteiger partial charge in [0.25, 0.3) is 0 Å². The number of methoxy groups -OCH3 is 1. The number of hydrogen-bond donors (Lipinski definition) is 0. The molecule has 0 atom stereocenters. The van der Waals surface area contributed by atoms with Gasteiger partial charge in [-0.05, 0) is 27.7 Å². The summed E-state index contributed by atoms with van der Waals surface area (Å²) in [6.07, 6.45) is -0.548. The number of ether oxygens (including phenoxy) is 1. The summed E-state index contributed by atoms with van der Waals surface area (Å²) in [5.41, 5.74) is -1.69. The molecule has 2 heterocycles. The van der Waals surface area contributed by atoms with E-state index in [1.165, 1.54) is 0 Å². The van der Waals surface area contributed by atoms with E-state index in [4.69, 9.17) is 23.6 Å². The van der Waals surface area contributed by atoms with Gasteiger partial charge in [0.1, 0.15) is 0 Å². The van der Waals surface area contributed by atoms with Crippen LogP contribution in [0.1, 0.15) is 37.3 Å². The highest BCUT2D eigenvalue weighted by atomic mass is 16.7. The molecule has 94 valence electrons. The second kappa shape index (κ2) is 3.75. The Kier molecular flexibility index (Phi) is 1.38. The van der Waals surface area contributed by atoms with Gasteiger partial charge in [-0.2, -0.15) is 0 Å². The SMILES string of the molecule is [2H]c1c(B2OC(C)(C)C(C)(C)O2)c(OC([2H])([2H])[2H])nn1C([2H])([2H])[2H]. The smallest absolute Gasteiger partial charge is 0.480 e. The maximum absolute atomic E-state index is 8.07. The Bertz CT molecular complexity index is 623. The lowest BCUT2D eigenvalue weighted by Gasteiger charge is -2.32. The molecule has 1 aromatic rings. The van der Waals surface area contributed by atoms with Crippen LogP contribution in [0.3, 0.4) is 0 Å². The molecule has 2 rings (SSSR count). The molecule has 6 heteroatoms. The third-order valence-electron chi connectivity index (χ3n) is 3.23. The van der Waals surface area contributed by atoms with E-state index in [9.17, 15) is 0 Å². The molecule has 0 aliphatic carbocycles. The average molecular weight is 245 g/mol. The van der Waals surface area contributed by atoms with Crippen molar-refractivity contribution in [3.8, 4) is 5.88 Å². The minimum atomic E-state index is -2.86. The molecule has 0 amide bonds. The number of aromatic nitrogens is 2. The van der Waals surface area contributed by atoms with Crippen LogP contribution in [0.2, 0.25) is 0 Å². The molecule has 0 unspecified atom stereocenters. The second-order valence-electron chi connectivity index (χ2n) is 4.93. The van der Waals surface area contributed by atoms with Crippen LogP contribution in [0, 0.1) is 0 Å². The van der Waals surface area contributed by atoms with Gasteiger partial charge in [0.2, 0.25) is 5.88 Å². The minimum Gasteiger partial charge on any atom is -0.480 e. The van der Waals surface area contributed by atoms with E-state index >= 15 is 0 Å². The van der Waals surface area contributed by atoms with Gasteiger partial charge < -0.3 is 14.0 Å².